The summed E-state index contributed by atoms with van der Waals surface area (Å²) in [4.78, 5) is 11.4. The quantitative estimate of drug-likeness (QED) is 0.173. The SMILES string of the molecule is C=C1/C(=C/C=C2CCC[C@]3(C)[C@@H]([C@H](C)CCC(=O)O)CC[C@@H]23)C[C@@H](O[Si](C(C)C)(C(C)C)C(C)C)C[C@@H]1O[Si](C(C)C)(C(C)C)C(C)C. The first-order valence-corrected chi connectivity index (χ1v) is 24.2. The zero-order valence-electron chi connectivity index (χ0n) is 33.7. The Kier molecular flexibility index (Phi) is 14.3. The first-order chi connectivity index (χ1) is 22.2. The monoisotopic (exact) mass is 701 g/mol. The topological polar surface area (TPSA) is 55.8 Å². The lowest BCUT2D eigenvalue weighted by atomic mass is 9.60. The number of hydrogen-bond acceptors (Lipinski definition) is 3. The second kappa shape index (κ2) is 16.6. The van der Waals surface area contributed by atoms with E-state index in [0.717, 1.165) is 19.3 Å². The highest BCUT2D eigenvalue weighted by atomic mass is 28.4. The van der Waals surface area contributed by atoms with Gasteiger partial charge in [-0.3, -0.25) is 4.79 Å². The second-order valence-corrected chi connectivity index (χ2v) is 29.2. The average Bonchev–Trinajstić information content (AvgIpc) is 3.34. The molecule has 0 unspecified atom stereocenters. The normalized spacial score (nSPS) is 29.8. The highest BCUT2D eigenvalue weighted by molar-refractivity contribution is 6.78. The largest absolute Gasteiger partial charge is 0.481 e. The minimum atomic E-state index is -2.14. The Hall–Kier alpha value is -0.956. The van der Waals surface area contributed by atoms with Gasteiger partial charge in [0.2, 0.25) is 16.6 Å². The van der Waals surface area contributed by atoms with Crippen molar-refractivity contribution in [2.75, 3.05) is 0 Å². The maximum atomic E-state index is 11.4. The molecule has 0 aromatic carbocycles. The molecule has 3 aliphatic rings. The summed E-state index contributed by atoms with van der Waals surface area (Å²) >= 11 is 0. The van der Waals surface area contributed by atoms with Crippen LogP contribution in [0.1, 0.15) is 155 Å². The maximum Gasteiger partial charge on any atom is 0.303 e. The molecule has 0 heterocycles. The third-order valence-corrected chi connectivity index (χ3v) is 26.2. The fraction of sp³-hybridized carbons (Fsp3) is 0.833. The number of carboxylic acid groups (broad SMARTS) is 1. The predicted molar refractivity (Wildman–Crippen MR) is 211 cm³/mol. The van der Waals surface area contributed by atoms with Gasteiger partial charge in [-0.1, -0.05) is 121 Å². The lowest BCUT2D eigenvalue weighted by Crippen LogP contribution is -2.54. The molecule has 6 heteroatoms. The summed E-state index contributed by atoms with van der Waals surface area (Å²) < 4.78 is 15.1. The third kappa shape index (κ3) is 8.23. The van der Waals surface area contributed by atoms with Crippen LogP contribution >= 0.6 is 0 Å². The van der Waals surface area contributed by atoms with Crippen LogP contribution in [0.4, 0.5) is 0 Å². The molecule has 0 aromatic heterocycles. The molecule has 3 aliphatic carbocycles. The summed E-state index contributed by atoms with van der Waals surface area (Å²) in [5.41, 5.74) is 7.55. The standard InChI is InChI=1S/C42H76O4Si2/c1-27(2)47(28(3)4,29(5)6)45-37-25-36(34(14)40(26-37)46-48(30(7)8,31(9)10)32(11)12)20-19-35-17-16-24-42(15)38(21-22-39(35)42)33(13)18-23-41(43)44/h19-20,27-33,37-40H,14,16-18,21-26H2,1-13,15H3,(H,43,44)/b35-19?,36-20+/t33-,37-,38-,39+,40+,42-/m1/s1. The Bertz CT molecular complexity index is 1120. The minimum Gasteiger partial charge on any atom is -0.481 e. The summed E-state index contributed by atoms with van der Waals surface area (Å²) in [7, 11) is -4.23. The van der Waals surface area contributed by atoms with Gasteiger partial charge in [0, 0.05) is 12.8 Å². The van der Waals surface area contributed by atoms with Crippen LogP contribution in [0.3, 0.4) is 0 Å². The molecule has 0 spiro atoms. The van der Waals surface area contributed by atoms with Crippen LogP contribution in [0.15, 0.2) is 35.5 Å². The van der Waals surface area contributed by atoms with Gasteiger partial charge in [0.25, 0.3) is 0 Å². The van der Waals surface area contributed by atoms with Crippen LogP contribution in [0, 0.1) is 23.2 Å². The molecule has 276 valence electrons. The number of carbonyl (C=O) groups is 1. The van der Waals surface area contributed by atoms with Crippen molar-refractivity contribution in [3.63, 3.8) is 0 Å². The van der Waals surface area contributed by atoms with E-state index in [4.69, 9.17) is 15.4 Å². The third-order valence-electron chi connectivity index (χ3n) is 13.9. The van der Waals surface area contributed by atoms with Gasteiger partial charge < -0.3 is 14.0 Å². The number of aliphatic carboxylic acids is 1. The second-order valence-electron chi connectivity index (χ2n) is 18.4. The molecule has 6 atom stereocenters. The van der Waals surface area contributed by atoms with E-state index in [9.17, 15) is 9.90 Å². The molecule has 4 nitrogen and oxygen atoms in total. The van der Waals surface area contributed by atoms with Crippen LogP contribution in [0.2, 0.25) is 33.2 Å². The molecule has 0 radical (unpaired) electrons. The van der Waals surface area contributed by atoms with Gasteiger partial charge in [-0.05, 0) is 113 Å². The van der Waals surface area contributed by atoms with E-state index in [1.807, 2.05) is 0 Å². The highest BCUT2D eigenvalue weighted by Crippen LogP contribution is 2.60. The molecule has 0 aromatic rings. The molecule has 1 N–H and O–H groups in total. The first kappa shape index (κ1) is 41.5. The summed E-state index contributed by atoms with van der Waals surface area (Å²) in [6.45, 7) is 38.3. The molecule has 48 heavy (non-hydrogen) atoms. The Morgan fingerprint density at radius 1 is 0.854 bits per heavy atom. The van der Waals surface area contributed by atoms with E-state index in [2.05, 4.69) is 109 Å². The van der Waals surface area contributed by atoms with Gasteiger partial charge in [0.1, 0.15) is 0 Å². The molecular formula is C42H76O4Si2. The highest BCUT2D eigenvalue weighted by Gasteiger charge is 2.52. The van der Waals surface area contributed by atoms with Crippen molar-refractivity contribution in [3.05, 3.63) is 35.5 Å². The van der Waals surface area contributed by atoms with Gasteiger partial charge >= 0.3 is 5.97 Å². The average molecular weight is 701 g/mol. The van der Waals surface area contributed by atoms with E-state index in [0.29, 0.717) is 51.0 Å². The van der Waals surface area contributed by atoms with Crippen molar-refractivity contribution >= 4 is 22.6 Å². The van der Waals surface area contributed by atoms with Crippen LogP contribution < -0.4 is 0 Å². The first-order valence-electron chi connectivity index (χ1n) is 19.9. The Balaban J connectivity index is 2.03. The summed E-state index contributed by atoms with van der Waals surface area (Å²) in [5, 5.41) is 9.35. The molecule has 0 amide bonds. The number of rotatable bonds is 15. The lowest BCUT2D eigenvalue weighted by molar-refractivity contribution is -0.137. The van der Waals surface area contributed by atoms with E-state index >= 15 is 0 Å². The molecule has 0 aliphatic heterocycles. The Labute approximate surface area is 299 Å². The van der Waals surface area contributed by atoms with Crippen molar-refractivity contribution in [2.24, 2.45) is 23.2 Å². The van der Waals surface area contributed by atoms with Gasteiger partial charge in [0.15, 0.2) is 0 Å². The molecule has 3 rings (SSSR count). The zero-order chi connectivity index (χ0) is 36.4. The number of allylic oxidation sites excluding steroid dienone is 3. The fourth-order valence-electron chi connectivity index (χ4n) is 11.8. The zero-order valence-corrected chi connectivity index (χ0v) is 35.7. The van der Waals surface area contributed by atoms with Gasteiger partial charge in [-0.2, -0.15) is 0 Å². The Morgan fingerprint density at radius 2 is 1.38 bits per heavy atom. The van der Waals surface area contributed by atoms with E-state index in [1.54, 1.807) is 5.57 Å². The predicted octanol–water partition coefficient (Wildman–Crippen LogP) is 13.0. The molecule has 3 fully saturated rings. The van der Waals surface area contributed by atoms with Gasteiger partial charge in [0.05, 0.1) is 12.2 Å². The summed E-state index contributed by atoms with van der Waals surface area (Å²) in [6.07, 6.45) is 14.0. The van der Waals surface area contributed by atoms with Crippen LogP contribution in [-0.4, -0.2) is 39.9 Å². The van der Waals surface area contributed by atoms with Crippen molar-refractivity contribution in [1.29, 1.82) is 0 Å². The summed E-state index contributed by atoms with van der Waals surface area (Å²) in [5.74, 6) is 0.963. The molecule has 0 bridgehead atoms. The number of hydrogen-bond donors (Lipinski definition) is 1. The van der Waals surface area contributed by atoms with E-state index in [-0.39, 0.29) is 24.0 Å². The van der Waals surface area contributed by atoms with Crippen molar-refractivity contribution in [3.8, 4) is 0 Å². The fourth-order valence-corrected chi connectivity index (χ4v) is 22.9. The van der Waals surface area contributed by atoms with E-state index in [1.165, 1.54) is 43.3 Å². The molecule has 0 saturated heterocycles. The smallest absolute Gasteiger partial charge is 0.303 e. The molecular weight excluding hydrogens is 625 g/mol. The van der Waals surface area contributed by atoms with Crippen molar-refractivity contribution < 1.29 is 18.8 Å². The van der Waals surface area contributed by atoms with Gasteiger partial charge in [-0.25, -0.2) is 0 Å². The van der Waals surface area contributed by atoms with E-state index < -0.39 is 22.6 Å². The maximum absolute atomic E-state index is 11.4. The van der Waals surface area contributed by atoms with Crippen LogP contribution in [-0.2, 0) is 13.6 Å². The minimum absolute atomic E-state index is 0.00646. The van der Waals surface area contributed by atoms with Gasteiger partial charge in [-0.15, -0.1) is 0 Å². The van der Waals surface area contributed by atoms with Crippen molar-refractivity contribution in [1.82, 2.24) is 0 Å². The van der Waals surface area contributed by atoms with Crippen LogP contribution in [0.5, 0.6) is 0 Å². The molecule has 3 saturated carbocycles. The lowest BCUT2D eigenvalue weighted by Gasteiger charge is -2.49. The summed E-state index contributed by atoms with van der Waals surface area (Å²) in [6, 6.07) is 0. The van der Waals surface area contributed by atoms with Crippen LogP contribution in [0.25, 0.3) is 0 Å². The van der Waals surface area contributed by atoms with Crippen molar-refractivity contribution in [2.45, 2.75) is 200 Å². The Morgan fingerprint density at radius 3 is 1.88 bits per heavy atom. The number of fused-ring (bicyclic) bond motifs is 1. The number of carboxylic acids is 1.